The lowest BCUT2D eigenvalue weighted by Gasteiger charge is -2.34. The molecule has 0 unspecified atom stereocenters. The van der Waals surface area contributed by atoms with Crippen LogP contribution in [0.2, 0.25) is 0 Å². The van der Waals surface area contributed by atoms with Crippen molar-refractivity contribution in [2.75, 3.05) is 38.0 Å². The Morgan fingerprint density at radius 3 is 2.48 bits per heavy atom. The summed E-state index contributed by atoms with van der Waals surface area (Å²) in [7, 11) is 0. The first-order chi connectivity index (χ1) is 13.9. The molecule has 1 aliphatic heterocycles. The largest absolute Gasteiger partial charge is 0.340 e. The molecule has 0 spiro atoms. The fraction of sp³-hybridized carbons (Fsp3) is 0.381. The number of benzene rings is 1. The molecule has 29 heavy (non-hydrogen) atoms. The lowest BCUT2D eigenvalue weighted by Crippen LogP contribution is -2.50. The highest BCUT2D eigenvalue weighted by molar-refractivity contribution is 7.14. The third-order valence-electron chi connectivity index (χ3n) is 4.78. The lowest BCUT2D eigenvalue weighted by molar-refractivity contribution is -0.133. The molecule has 0 saturated carbocycles. The minimum atomic E-state index is -0.400. The molecule has 1 aromatic carbocycles. The number of rotatable bonds is 7. The van der Waals surface area contributed by atoms with Gasteiger partial charge in [0.2, 0.25) is 11.8 Å². The molecule has 6 nitrogen and oxygen atoms in total. The van der Waals surface area contributed by atoms with Crippen molar-refractivity contribution in [2.45, 2.75) is 19.8 Å². The Labute approximate surface area is 173 Å². The van der Waals surface area contributed by atoms with Crippen molar-refractivity contribution in [1.82, 2.24) is 9.80 Å². The zero-order valence-electron chi connectivity index (χ0n) is 16.3. The Balaban J connectivity index is 1.38. The van der Waals surface area contributed by atoms with E-state index >= 15 is 0 Å². The van der Waals surface area contributed by atoms with E-state index in [-0.39, 0.29) is 37.0 Å². The molecular formula is C21H24FN3O3S. The van der Waals surface area contributed by atoms with Gasteiger partial charge in [-0.2, -0.15) is 0 Å². The number of nitrogens with zero attached hydrogens (tertiary/aromatic N) is 2. The quantitative estimate of drug-likeness (QED) is 0.704. The van der Waals surface area contributed by atoms with Crippen LogP contribution < -0.4 is 5.32 Å². The Hall–Kier alpha value is -2.58. The fourth-order valence-electron chi connectivity index (χ4n) is 3.21. The molecular weight excluding hydrogens is 393 g/mol. The number of thiophene rings is 1. The predicted molar refractivity (Wildman–Crippen MR) is 111 cm³/mol. The van der Waals surface area contributed by atoms with Gasteiger partial charge in [0, 0.05) is 49.6 Å². The van der Waals surface area contributed by atoms with Crippen LogP contribution in [0.5, 0.6) is 0 Å². The number of carbonyl (C=O) groups is 3. The minimum Gasteiger partial charge on any atom is -0.340 e. The van der Waals surface area contributed by atoms with Gasteiger partial charge in [-0.05, 0) is 37.3 Å². The Morgan fingerprint density at radius 1 is 1.07 bits per heavy atom. The molecule has 0 bridgehead atoms. The van der Waals surface area contributed by atoms with Gasteiger partial charge >= 0.3 is 0 Å². The molecule has 1 aromatic heterocycles. The van der Waals surface area contributed by atoms with E-state index < -0.39 is 5.82 Å². The van der Waals surface area contributed by atoms with Crippen LogP contribution in [0.15, 0.2) is 36.4 Å². The number of Topliss-reactive ketones (excluding diaryl/α,β-unsaturated/α-hetero) is 1. The zero-order chi connectivity index (χ0) is 20.8. The van der Waals surface area contributed by atoms with Crippen molar-refractivity contribution >= 4 is 34.6 Å². The second-order valence-electron chi connectivity index (χ2n) is 7.05. The number of carbonyl (C=O) groups excluding carboxylic acids is 3. The van der Waals surface area contributed by atoms with Crippen molar-refractivity contribution in [1.29, 1.82) is 0 Å². The molecule has 3 rings (SSSR count). The summed E-state index contributed by atoms with van der Waals surface area (Å²) in [5.74, 6) is -0.644. The van der Waals surface area contributed by atoms with Gasteiger partial charge in [0.05, 0.1) is 11.4 Å². The fourth-order valence-corrected chi connectivity index (χ4v) is 4.05. The molecule has 2 heterocycles. The number of amides is 2. The van der Waals surface area contributed by atoms with E-state index in [1.807, 2.05) is 17.9 Å². The standard InChI is InChI=1S/C21H24FN3O3S/c1-15-5-7-19(29-15)18(26)6-8-21(28)25-11-9-24(10-12-25)14-20(27)23-17-4-2-3-16(22)13-17/h2-5,7,13H,6,8-12,14H2,1H3,(H,23,27). The highest BCUT2D eigenvalue weighted by atomic mass is 32.1. The molecule has 0 atom stereocenters. The summed E-state index contributed by atoms with van der Waals surface area (Å²) in [6.45, 7) is 4.36. The molecule has 154 valence electrons. The van der Waals surface area contributed by atoms with Gasteiger partial charge in [-0.3, -0.25) is 19.3 Å². The van der Waals surface area contributed by atoms with Crippen LogP contribution in [-0.4, -0.2) is 60.1 Å². The van der Waals surface area contributed by atoms with Crippen LogP contribution in [0.25, 0.3) is 0 Å². The van der Waals surface area contributed by atoms with Crippen LogP contribution in [0.4, 0.5) is 10.1 Å². The highest BCUT2D eigenvalue weighted by Crippen LogP contribution is 2.18. The molecule has 1 N–H and O–H groups in total. The molecule has 8 heteroatoms. The molecule has 0 radical (unpaired) electrons. The van der Waals surface area contributed by atoms with Gasteiger partial charge in [0.15, 0.2) is 5.78 Å². The first-order valence-corrected chi connectivity index (χ1v) is 10.4. The van der Waals surface area contributed by atoms with Gasteiger partial charge in [-0.15, -0.1) is 11.3 Å². The van der Waals surface area contributed by atoms with Gasteiger partial charge in [-0.1, -0.05) is 6.07 Å². The average molecular weight is 418 g/mol. The topological polar surface area (TPSA) is 69.7 Å². The van der Waals surface area contributed by atoms with Crippen LogP contribution >= 0.6 is 11.3 Å². The SMILES string of the molecule is Cc1ccc(C(=O)CCC(=O)N2CCN(CC(=O)Nc3cccc(F)c3)CC2)s1. The third kappa shape index (κ3) is 6.20. The maximum Gasteiger partial charge on any atom is 0.238 e. The van der Waals surface area contributed by atoms with E-state index in [0.717, 1.165) is 4.88 Å². The summed E-state index contributed by atoms with van der Waals surface area (Å²) in [6.07, 6.45) is 0.422. The Morgan fingerprint density at radius 2 is 1.83 bits per heavy atom. The molecule has 0 aliphatic carbocycles. The molecule has 2 aromatic rings. The smallest absolute Gasteiger partial charge is 0.238 e. The number of halogens is 1. The average Bonchev–Trinajstić information content (AvgIpc) is 3.13. The molecule has 1 saturated heterocycles. The summed E-state index contributed by atoms with van der Waals surface area (Å²) in [4.78, 5) is 42.1. The van der Waals surface area contributed by atoms with Crippen molar-refractivity contribution in [3.8, 4) is 0 Å². The number of nitrogens with one attached hydrogen (secondary N) is 1. The van der Waals surface area contributed by atoms with Gasteiger partial charge < -0.3 is 10.2 Å². The summed E-state index contributed by atoms with van der Waals surface area (Å²) < 4.78 is 13.2. The van der Waals surface area contributed by atoms with Crippen molar-refractivity contribution in [3.63, 3.8) is 0 Å². The van der Waals surface area contributed by atoms with Gasteiger partial charge in [-0.25, -0.2) is 4.39 Å². The first kappa shape index (κ1) is 21.1. The maximum absolute atomic E-state index is 13.2. The lowest BCUT2D eigenvalue weighted by atomic mass is 10.1. The number of aryl methyl sites for hydroxylation is 1. The van der Waals surface area contributed by atoms with Crippen LogP contribution in [0.3, 0.4) is 0 Å². The zero-order valence-corrected chi connectivity index (χ0v) is 17.1. The van der Waals surface area contributed by atoms with Crippen LogP contribution in [0, 0.1) is 12.7 Å². The molecule has 2 amide bonds. The number of ketones is 1. The van der Waals surface area contributed by atoms with E-state index in [9.17, 15) is 18.8 Å². The van der Waals surface area contributed by atoms with Crippen LogP contribution in [0.1, 0.15) is 27.4 Å². The van der Waals surface area contributed by atoms with E-state index in [0.29, 0.717) is 36.7 Å². The number of hydrogen-bond donors (Lipinski definition) is 1. The van der Waals surface area contributed by atoms with Crippen LogP contribution in [-0.2, 0) is 9.59 Å². The molecule has 1 aliphatic rings. The first-order valence-electron chi connectivity index (χ1n) is 9.56. The second-order valence-corrected chi connectivity index (χ2v) is 8.34. The summed E-state index contributed by atoms with van der Waals surface area (Å²) >= 11 is 1.45. The van der Waals surface area contributed by atoms with Crippen molar-refractivity contribution in [2.24, 2.45) is 0 Å². The third-order valence-corrected chi connectivity index (χ3v) is 5.82. The maximum atomic E-state index is 13.2. The summed E-state index contributed by atoms with van der Waals surface area (Å²) in [5.41, 5.74) is 0.425. The van der Waals surface area contributed by atoms with Gasteiger partial charge in [0.25, 0.3) is 0 Å². The number of piperazine rings is 1. The summed E-state index contributed by atoms with van der Waals surface area (Å²) in [5, 5.41) is 2.68. The highest BCUT2D eigenvalue weighted by Gasteiger charge is 2.23. The Bertz CT molecular complexity index is 891. The monoisotopic (exact) mass is 417 g/mol. The van der Waals surface area contributed by atoms with Crippen molar-refractivity contribution in [3.05, 3.63) is 52.0 Å². The second kappa shape index (κ2) is 9.76. The summed E-state index contributed by atoms with van der Waals surface area (Å²) in [6, 6.07) is 9.48. The minimum absolute atomic E-state index is 0.00380. The normalized spacial score (nSPS) is 14.6. The van der Waals surface area contributed by atoms with E-state index in [4.69, 9.17) is 0 Å². The molecule has 1 fully saturated rings. The van der Waals surface area contributed by atoms with E-state index in [1.54, 1.807) is 23.1 Å². The van der Waals surface area contributed by atoms with Gasteiger partial charge in [0.1, 0.15) is 5.82 Å². The van der Waals surface area contributed by atoms with Crippen molar-refractivity contribution < 1.29 is 18.8 Å². The number of hydrogen-bond acceptors (Lipinski definition) is 5. The predicted octanol–water partition coefficient (Wildman–Crippen LogP) is 2.94. The Kier molecular flexibility index (Phi) is 7.11. The number of anilines is 1. The van der Waals surface area contributed by atoms with E-state index in [2.05, 4.69) is 5.32 Å². The van der Waals surface area contributed by atoms with E-state index in [1.165, 1.54) is 23.5 Å².